The number of carbonyl (C=O) groups is 1. The first-order valence-electron chi connectivity index (χ1n) is 11.2. The van der Waals surface area contributed by atoms with Crippen molar-refractivity contribution in [1.82, 2.24) is 0 Å². The zero-order valence-corrected chi connectivity index (χ0v) is 20.9. The molecule has 0 radical (unpaired) electrons. The molecule has 0 saturated carbocycles. The number of amides is 1. The summed E-state index contributed by atoms with van der Waals surface area (Å²) in [6.07, 6.45) is 0.652. The Morgan fingerprint density at radius 1 is 1.03 bits per heavy atom. The minimum Gasteiger partial charge on any atom is -0.495 e. The van der Waals surface area contributed by atoms with E-state index in [4.69, 9.17) is 4.74 Å². The maximum Gasteiger partial charge on any atom is 0.264 e. The maximum atomic E-state index is 13.6. The molecule has 6 nitrogen and oxygen atoms in total. The summed E-state index contributed by atoms with van der Waals surface area (Å²) in [6, 6.07) is 19.2. The van der Waals surface area contributed by atoms with Crippen LogP contribution in [-0.4, -0.2) is 27.5 Å². The predicted molar refractivity (Wildman–Crippen MR) is 135 cm³/mol. The molecule has 1 atom stereocenters. The highest BCUT2D eigenvalue weighted by Crippen LogP contribution is 2.37. The first kappa shape index (κ1) is 23.8. The Kier molecular flexibility index (Phi) is 6.16. The molecule has 0 aliphatic carbocycles. The molecule has 1 amide bonds. The lowest BCUT2D eigenvalue weighted by molar-refractivity contribution is 0.102. The summed E-state index contributed by atoms with van der Waals surface area (Å²) in [7, 11) is -2.29. The zero-order valence-electron chi connectivity index (χ0n) is 20.1. The molecule has 0 spiro atoms. The number of carbonyl (C=O) groups excluding carboxylic acids is 1. The number of hydrogen-bond acceptors (Lipinski definition) is 4. The van der Waals surface area contributed by atoms with Crippen LogP contribution >= 0.6 is 0 Å². The van der Waals surface area contributed by atoms with Crippen molar-refractivity contribution in [3.8, 4) is 5.75 Å². The molecule has 1 aliphatic heterocycles. The topological polar surface area (TPSA) is 75.7 Å². The minimum atomic E-state index is -3.84. The number of anilines is 2. The van der Waals surface area contributed by atoms with Crippen molar-refractivity contribution in [3.63, 3.8) is 0 Å². The van der Waals surface area contributed by atoms with Gasteiger partial charge in [-0.15, -0.1) is 0 Å². The van der Waals surface area contributed by atoms with Crippen LogP contribution in [0.5, 0.6) is 5.75 Å². The van der Waals surface area contributed by atoms with Crippen LogP contribution in [0.25, 0.3) is 0 Å². The van der Waals surface area contributed by atoms with E-state index >= 15 is 0 Å². The van der Waals surface area contributed by atoms with Gasteiger partial charge in [0.2, 0.25) is 0 Å². The Labute approximate surface area is 201 Å². The number of para-hydroxylation sites is 1. The Morgan fingerprint density at radius 3 is 2.47 bits per heavy atom. The van der Waals surface area contributed by atoms with Gasteiger partial charge in [-0.05, 0) is 66.3 Å². The van der Waals surface area contributed by atoms with Gasteiger partial charge in [-0.2, -0.15) is 0 Å². The molecule has 4 rings (SSSR count). The fourth-order valence-electron chi connectivity index (χ4n) is 4.28. The summed E-state index contributed by atoms with van der Waals surface area (Å²) < 4.78 is 34.0. The van der Waals surface area contributed by atoms with Crippen LogP contribution in [0.2, 0.25) is 0 Å². The van der Waals surface area contributed by atoms with Crippen LogP contribution in [-0.2, 0) is 21.9 Å². The number of hydrogen-bond donors (Lipinski definition) is 1. The standard InChI is InChI=1S/C27H30N2O4S/c1-18-15-19-9-6-7-12-24(19)29(18)34(31,32)22-11-8-10-20(16-22)26(30)28-23-17-21(27(2,3)4)13-14-25(23)33-5/h6-14,16-18H,15H2,1-5H3,(H,28,30). The molecule has 34 heavy (non-hydrogen) atoms. The van der Waals surface area contributed by atoms with E-state index in [1.807, 2.05) is 49.4 Å². The molecule has 1 heterocycles. The van der Waals surface area contributed by atoms with Crippen LogP contribution in [0.4, 0.5) is 11.4 Å². The third kappa shape index (κ3) is 4.40. The average molecular weight is 479 g/mol. The second kappa shape index (κ2) is 8.80. The van der Waals surface area contributed by atoms with Gasteiger partial charge in [0.1, 0.15) is 5.75 Å². The average Bonchev–Trinajstić information content (AvgIpc) is 3.15. The summed E-state index contributed by atoms with van der Waals surface area (Å²) in [4.78, 5) is 13.2. The number of rotatable bonds is 5. The Balaban J connectivity index is 1.66. The van der Waals surface area contributed by atoms with Crippen molar-refractivity contribution in [1.29, 1.82) is 0 Å². The maximum absolute atomic E-state index is 13.6. The van der Waals surface area contributed by atoms with E-state index in [0.29, 0.717) is 23.5 Å². The van der Waals surface area contributed by atoms with Crippen molar-refractivity contribution >= 4 is 27.3 Å². The molecule has 178 valence electrons. The summed E-state index contributed by atoms with van der Waals surface area (Å²) in [6.45, 7) is 8.16. The third-order valence-electron chi connectivity index (χ3n) is 6.11. The SMILES string of the molecule is COc1ccc(C(C)(C)C)cc1NC(=O)c1cccc(S(=O)(=O)N2c3ccccc3CC2C)c1. The van der Waals surface area contributed by atoms with Crippen LogP contribution in [0.3, 0.4) is 0 Å². The quantitative estimate of drug-likeness (QED) is 0.534. The van der Waals surface area contributed by atoms with Crippen molar-refractivity contribution in [2.24, 2.45) is 0 Å². The molecule has 1 aliphatic rings. The van der Waals surface area contributed by atoms with Crippen molar-refractivity contribution in [2.45, 2.75) is 50.5 Å². The van der Waals surface area contributed by atoms with E-state index in [0.717, 1.165) is 11.1 Å². The van der Waals surface area contributed by atoms with Crippen molar-refractivity contribution < 1.29 is 17.9 Å². The van der Waals surface area contributed by atoms with Gasteiger partial charge in [-0.25, -0.2) is 8.42 Å². The molecule has 0 aromatic heterocycles. The van der Waals surface area contributed by atoms with Gasteiger partial charge in [-0.1, -0.05) is 51.1 Å². The van der Waals surface area contributed by atoms with Gasteiger partial charge < -0.3 is 10.1 Å². The van der Waals surface area contributed by atoms with Crippen molar-refractivity contribution in [3.05, 3.63) is 83.4 Å². The number of nitrogens with one attached hydrogen (secondary N) is 1. The van der Waals surface area contributed by atoms with E-state index in [2.05, 4.69) is 26.1 Å². The lowest BCUT2D eigenvalue weighted by Gasteiger charge is -2.24. The summed E-state index contributed by atoms with van der Waals surface area (Å²) in [5.41, 5.74) is 3.41. The zero-order chi connectivity index (χ0) is 24.7. The fourth-order valence-corrected chi connectivity index (χ4v) is 6.02. The molecule has 1 N–H and O–H groups in total. The molecule has 1 unspecified atom stereocenters. The van der Waals surface area contributed by atoms with Crippen LogP contribution in [0, 0.1) is 0 Å². The van der Waals surface area contributed by atoms with Crippen LogP contribution < -0.4 is 14.4 Å². The van der Waals surface area contributed by atoms with E-state index in [9.17, 15) is 13.2 Å². The van der Waals surface area contributed by atoms with Crippen LogP contribution in [0.15, 0.2) is 71.6 Å². The first-order chi connectivity index (χ1) is 16.0. The number of ether oxygens (including phenoxy) is 1. The summed E-state index contributed by atoms with van der Waals surface area (Å²) >= 11 is 0. The van der Waals surface area contributed by atoms with Gasteiger partial charge in [0.25, 0.3) is 15.9 Å². The fraction of sp³-hybridized carbons (Fsp3) is 0.296. The number of sulfonamides is 1. The Hall–Kier alpha value is -3.32. The van der Waals surface area contributed by atoms with Gasteiger partial charge >= 0.3 is 0 Å². The number of methoxy groups -OCH3 is 1. The van der Waals surface area contributed by atoms with Crippen molar-refractivity contribution in [2.75, 3.05) is 16.7 Å². The van der Waals surface area contributed by atoms with Gasteiger partial charge in [0.15, 0.2) is 0 Å². The lowest BCUT2D eigenvalue weighted by Crippen LogP contribution is -2.35. The van der Waals surface area contributed by atoms with Gasteiger partial charge in [-0.3, -0.25) is 9.10 Å². The molecule has 7 heteroatoms. The van der Waals surface area contributed by atoms with Crippen LogP contribution in [0.1, 0.15) is 49.2 Å². The predicted octanol–water partition coefficient (Wildman–Crippen LogP) is 5.38. The summed E-state index contributed by atoms with van der Waals surface area (Å²) in [5, 5.41) is 2.89. The summed E-state index contributed by atoms with van der Waals surface area (Å²) in [5.74, 6) is 0.129. The van der Waals surface area contributed by atoms with Gasteiger partial charge in [0, 0.05) is 11.6 Å². The van der Waals surface area contributed by atoms with E-state index in [1.54, 1.807) is 19.2 Å². The highest BCUT2D eigenvalue weighted by Gasteiger charge is 2.36. The van der Waals surface area contributed by atoms with E-state index in [-0.39, 0.29) is 21.9 Å². The molecule has 3 aromatic rings. The number of nitrogens with zero attached hydrogens (tertiary/aromatic N) is 1. The second-order valence-electron chi connectivity index (χ2n) is 9.63. The third-order valence-corrected chi connectivity index (χ3v) is 8.04. The second-order valence-corrected chi connectivity index (χ2v) is 11.4. The Morgan fingerprint density at radius 2 is 1.76 bits per heavy atom. The molecule has 0 fully saturated rings. The smallest absolute Gasteiger partial charge is 0.264 e. The lowest BCUT2D eigenvalue weighted by atomic mass is 9.87. The van der Waals surface area contributed by atoms with E-state index in [1.165, 1.54) is 16.4 Å². The molecule has 0 bridgehead atoms. The largest absolute Gasteiger partial charge is 0.495 e. The Bertz CT molecular complexity index is 1340. The molecule has 3 aromatic carbocycles. The minimum absolute atomic E-state index is 0.0825. The molecular formula is C27H30N2O4S. The van der Waals surface area contributed by atoms with E-state index < -0.39 is 15.9 Å². The monoisotopic (exact) mass is 478 g/mol. The number of benzene rings is 3. The van der Waals surface area contributed by atoms with Gasteiger partial charge in [0.05, 0.1) is 23.4 Å². The molecule has 0 saturated heterocycles. The number of fused-ring (bicyclic) bond motifs is 1. The normalized spacial score (nSPS) is 15.7. The first-order valence-corrected chi connectivity index (χ1v) is 12.7. The highest BCUT2D eigenvalue weighted by atomic mass is 32.2. The molecular weight excluding hydrogens is 448 g/mol. The highest BCUT2D eigenvalue weighted by molar-refractivity contribution is 7.92.